The summed E-state index contributed by atoms with van der Waals surface area (Å²) in [7, 11) is 0. The second-order valence-corrected chi connectivity index (χ2v) is 11.6. The number of pyridine rings is 1. The molecule has 4 rings (SSSR count). The molecule has 0 saturated heterocycles. The summed E-state index contributed by atoms with van der Waals surface area (Å²) < 4.78 is 17.5. The van der Waals surface area contributed by atoms with Gasteiger partial charge in [-0.15, -0.1) is 23.1 Å². The van der Waals surface area contributed by atoms with Crippen molar-refractivity contribution in [1.82, 2.24) is 24.3 Å². The van der Waals surface area contributed by atoms with Crippen LogP contribution in [0.1, 0.15) is 41.1 Å². The summed E-state index contributed by atoms with van der Waals surface area (Å²) >= 11 is 8.86. The summed E-state index contributed by atoms with van der Waals surface area (Å²) in [6.07, 6.45) is 4.15. The molecule has 36 heavy (non-hydrogen) atoms. The van der Waals surface area contributed by atoms with Crippen LogP contribution in [0.4, 0.5) is 4.39 Å². The minimum absolute atomic E-state index is 0.0809. The maximum absolute atomic E-state index is 14.6. The molecule has 4 heterocycles. The van der Waals surface area contributed by atoms with Gasteiger partial charge in [-0.3, -0.25) is 14.4 Å². The number of Topliss-reactive ketones (excluding diaryl/α,β-unsaturated/α-hetero) is 1. The predicted octanol–water partition coefficient (Wildman–Crippen LogP) is 5.22. The van der Waals surface area contributed by atoms with E-state index in [0.717, 1.165) is 15.5 Å². The number of ketones is 1. The lowest BCUT2D eigenvalue weighted by molar-refractivity contribution is 0.0736. The van der Waals surface area contributed by atoms with Crippen molar-refractivity contribution in [2.45, 2.75) is 38.1 Å². The average Bonchev–Trinajstić information content (AvgIpc) is 3.45. The average molecular weight is 546 g/mol. The van der Waals surface area contributed by atoms with Crippen LogP contribution >= 0.6 is 34.7 Å². The molecule has 8 nitrogen and oxygen atoms in total. The Hall–Kier alpha value is -3.15. The maximum atomic E-state index is 14.6. The first-order valence-electron chi connectivity index (χ1n) is 10.8. The normalized spacial score (nSPS) is 11.6. The lowest BCUT2D eigenvalue weighted by Crippen LogP contribution is -2.28. The highest BCUT2D eigenvalue weighted by Crippen LogP contribution is 2.33. The molecule has 4 aromatic heterocycles. The van der Waals surface area contributed by atoms with Gasteiger partial charge in [-0.05, 0) is 30.3 Å². The fourth-order valence-corrected chi connectivity index (χ4v) is 5.29. The van der Waals surface area contributed by atoms with E-state index in [0.29, 0.717) is 15.1 Å². The monoisotopic (exact) mass is 545 g/mol. The SMILES string of the molecule is CC(C)(C)C(=O)n1nc(-c2cc(F)c(=O)n(CC(=O)c3ncccn3)c2)cc1SCc1ccc(Cl)s1. The van der Waals surface area contributed by atoms with Gasteiger partial charge in [0.25, 0.3) is 11.5 Å². The number of carbonyl (C=O) groups excluding carboxylic acids is 2. The highest BCUT2D eigenvalue weighted by molar-refractivity contribution is 7.98. The molecule has 0 aliphatic heterocycles. The Labute approximate surface area is 219 Å². The van der Waals surface area contributed by atoms with E-state index < -0.39 is 29.1 Å². The number of halogens is 2. The van der Waals surface area contributed by atoms with Gasteiger partial charge >= 0.3 is 0 Å². The Bertz CT molecular complexity index is 1490. The molecule has 0 aliphatic carbocycles. The first-order chi connectivity index (χ1) is 17.0. The molecule has 0 fully saturated rings. The molecule has 0 aromatic carbocycles. The van der Waals surface area contributed by atoms with Gasteiger partial charge in [0, 0.05) is 40.2 Å². The third-order valence-corrected chi connectivity index (χ3v) is 7.42. The maximum Gasteiger partial charge on any atom is 0.287 e. The van der Waals surface area contributed by atoms with Crippen molar-refractivity contribution in [3.8, 4) is 11.3 Å². The predicted molar refractivity (Wildman–Crippen MR) is 137 cm³/mol. The van der Waals surface area contributed by atoms with Crippen LogP contribution in [-0.2, 0) is 12.3 Å². The third kappa shape index (κ3) is 5.80. The summed E-state index contributed by atoms with van der Waals surface area (Å²) in [5.41, 5.74) is -1.15. The van der Waals surface area contributed by atoms with Crippen molar-refractivity contribution in [3.63, 3.8) is 0 Å². The van der Waals surface area contributed by atoms with Crippen LogP contribution in [-0.4, -0.2) is 36.0 Å². The summed E-state index contributed by atoms with van der Waals surface area (Å²) in [4.78, 5) is 46.8. The van der Waals surface area contributed by atoms with Crippen LogP contribution in [0.15, 0.2) is 58.7 Å². The van der Waals surface area contributed by atoms with Crippen LogP contribution in [0.3, 0.4) is 0 Å². The van der Waals surface area contributed by atoms with Crippen molar-refractivity contribution in [3.05, 3.63) is 80.1 Å². The van der Waals surface area contributed by atoms with E-state index in [2.05, 4.69) is 15.1 Å². The smallest absolute Gasteiger partial charge is 0.287 e. The second-order valence-electron chi connectivity index (χ2n) is 8.83. The van der Waals surface area contributed by atoms with Gasteiger partial charge in [-0.25, -0.2) is 14.4 Å². The van der Waals surface area contributed by atoms with Crippen molar-refractivity contribution in [2.75, 3.05) is 0 Å². The molecule has 0 saturated carbocycles. The largest absolute Gasteiger partial charge is 0.304 e. The van der Waals surface area contributed by atoms with E-state index in [1.54, 1.807) is 39.0 Å². The van der Waals surface area contributed by atoms with Crippen LogP contribution in [0.2, 0.25) is 4.34 Å². The molecule has 186 valence electrons. The van der Waals surface area contributed by atoms with Gasteiger partial charge in [0.1, 0.15) is 5.03 Å². The molecule has 0 bridgehead atoms. The second kappa shape index (κ2) is 10.5. The minimum Gasteiger partial charge on any atom is -0.304 e. The highest BCUT2D eigenvalue weighted by atomic mass is 35.5. The molecule has 0 radical (unpaired) electrons. The van der Waals surface area contributed by atoms with Crippen molar-refractivity contribution in [1.29, 1.82) is 0 Å². The first-order valence-corrected chi connectivity index (χ1v) is 12.9. The number of hydrogen-bond donors (Lipinski definition) is 0. The number of nitrogens with zero attached hydrogens (tertiary/aromatic N) is 5. The zero-order chi connectivity index (χ0) is 26.0. The third-order valence-electron chi connectivity index (χ3n) is 4.97. The molecular weight excluding hydrogens is 525 g/mol. The molecular formula is C24H21ClFN5O3S2. The fraction of sp³-hybridized carbons (Fsp3) is 0.250. The van der Waals surface area contributed by atoms with Gasteiger partial charge in [0.15, 0.2) is 11.6 Å². The summed E-state index contributed by atoms with van der Waals surface area (Å²) in [5.74, 6) is -1.37. The quantitative estimate of drug-likeness (QED) is 0.232. The highest BCUT2D eigenvalue weighted by Gasteiger charge is 2.27. The number of rotatable bonds is 7. The fourth-order valence-electron chi connectivity index (χ4n) is 3.17. The van der Waals surface area contributed by atoms with E-state index in [1.165, 1.54) is 46.4 Å². The lowest BCUT2D eigenvalue weighted by Gasteiger charge is -2.17. The van der Waals surface area contributed by atoms with Crippen LogP contribution in [0.25, 0.3) is 11.3 Å². The van der Waals surface area contributed by atoms with Crippen LogP contribution in [0, 0.1) is 11.2 Å². The number of thioether (sulfide) groups is 1. The molecule has 0 spiro atoms. The summed E-state index contributed by atoms with van der Waals surface area (Å²) in [5, 5.41) is 5.00. The van der Waals surface area contributed by atoms with Crippen molar-refractivity contribution < 1.29 is 14.0 Å². The van der Waals surface area contributed by atoms with E-state index in [9.17, 15) is 18.8 Å². The van der Waals surface area contributed by atoms with Gasteiger partial charge in [0.2, 0.25) is 5.78 Å². The van der Waals surface area contributed by atoms with Gasteiger partial charge in [0.05, 0.1) is 16.6 Å². The van der Waals surface area contributed by atoms with E-state index in [1.807, 2.05) is 6.07 Å². The standard InChI is InChI=1S/C24H21ClFN5O3S2/c1-24(2,3)23(34)31-20(35-13-15-5-6-19(25)36-15)10-17(29-31)14-9-16(26)22(33)30(11-14)12-18(32)21-27-7-4-8-28-21/h4-11H,12-13H2,1-3H3. The van der Waals surface area contributed by atoms with Gasteiger partial charge < -0.3 is 4.57 Å². The molecule has 0 N–H and O–H groups in total. The van der Waals surface area contributed by atoms with Gasteiger partial charge in [-0.2, -0.15) is 9.78 Å². The summed E-state index contributed by atoms with van der Waals surface area (Å²) in [6, 6.07) is 7.98. The van der Waals surface area contributed by atoms with E-state index in [-0.39, 0.29) is 23.0 Å². The Kier molecular flexibility index (Phi) is 7.53. The molecule has 12 heteroatoms. The van der Waals surface area contributed by atoms with Crippen LogP contribution in [0.5, 0.6) is 0 Å². The number of hydrogen-bond acceptors (Lipinski definition) is 8. The molecule has 0 amide bonds. The van der Waals surface area contributed by atoms with E-state index in [4.69, 9.17) is 11.6 Å². The minimum atomic E-state index is -1.05. The topological polar surface area (TPSA) is 99.7 Å². The molecule has 0 atom stereocenters. The Morgan fingerprint density at radius 2 is 1.89 bits per heavy atom. The molecule has 4 aromatic rings. The lowest BCUT2D eigenvalue weighted by atomic mass is 9.96. The summed E-state index contributed by atoms with van der Waals surface area (Å²) in [6.45, 7) is 4.89. The van der Waals surface area contributed by atoms with Crippen molar-refractivity contribution in [2.24, 2.45) is 5.41 Å². The zero-order valence-electron chi connectivity index (χ0n) is 19.6. The Morgan fingerprint density at radius 1 is 1.17 bits per heavy atom. The number of carbonyl (C=O) groups is 2. The Morgan fingerprint density at radius 3 is 2.53 bits per heavy atom. The number of aromatic nitrogens is 5. The first kappa shape index (κ1) is 25.9. The van der Waals surface area contributed by atoms with Crippen molar-refractivity contribution >= 4 is 46.4 Å². The van der Waals surface area contributed by atoms with Gasteiger partial charge in [-0.1, -0.05) is 32.4 Å². The Balaban J connectivity index is 1.70. The molecule has 0 unspecified atom stereocenters. The molecule has 0 aliphatic rings. The van der Waals surface area contributed by atoms with E-state index >= 15 is 0 Å². The number of thiophene rings is 1. The van der Waals surface area contributed by atoms with Crippen LogP contribution < -0.4 is 5.56 Å². The zero-order valence-corrected chi connectivity index (χ0v) is 22.0.